The molecule has 0 spiro atoms. The van der Waals surface area contributed by atoms with Crippen LogP contribution < -0.4 is 5.73 Å². The van der Waals surface area contributed by atoms with Crippen molar-refractivity contribution < 1.29 is 9.90 Å². The Morgan fingerprint density at radius 3 is 2.35 bits per heavy atom. The molecule has 0 heterocycles. The van der Waals surface area contributed by atoms with Gasteiger partial charge in [0.1, 0.15) is 0 Å². The van der Waals surface area contributed by atoms with Crippen LogP contribution in [0.2, 0.25) is 0 Å². The van der Waals surface area contributed by atoms with Crippen molar-refractivity contribution in [2.75, 3.05) is 5.73 Å². The van der Waals surface area contributed by atoms with Crippen LogP contribution in [0, 0.1) is 0 Å². The largest absolute Gasteiger partial charge is 0.399 e. The average molecular weight is 227 g/mol. The summed E-state index contributed by atoms with van der Waals surface area (Å²) in [6.45, 7) is -0.0211. The van der Waals surface area contributed by atoms with Crippen LogP contribution in [0.5, 0.6) is 0 Å². The first-order valence-corrected chi connectivity index (χ1v) is 5.31. The number of nitrogen functional groups attached to an aromatic ring is 1. The highest BCUT2D eigenvalue weighted by Gasteiger charge is 2.08. The highest BCUT2D eigenvalue weighted by atomic mass is 16.3. The number of aliphatic hydroxyl groups is 1. The molecule has 3 nitrogen and oxygen atoms in total. The fourth-order valence-electron chi connectivity index (χ4n) is 1.61. The zero-order chi connectivity index (χ0) is 12.3. The van der Waals surface area contributed by atoms with Crippen LogP contribution >= 0.6 is 0 Å². The van der Waals surface area contributed by atoms with Crippen LogP contribution in [-0.2, 0) is 6.61 Å². The summed E-state index contributed by atoms with van der Waals surface area (Å²) < 4.78 is 0. The lowest BCUT2D eigenvalue weighted by atomic mass is 10.0. The van der Waals surface area contributed by atoms with Crippen molar-refractivity contribution in [3.05, 3.63) is 65.2 Å². The Morgan fingerprint density at radius 1 is 1.06 bits per heavy atom. The second-order valence-corrected chi connectivity index (χ2v) is 3.81. The fraction of sp³-hybridized carbons (Fsp3) is 0.0714. The lowest BCUT2D eigenvalue weighted by Crippen LogP contribution is -2.02. The molecule has 0 aliphatic carbocycles. The van der Waals surface area contributed by atoms with Crippen LogP contribution in [0.3, 0.4) is 0 Å². The molecule has 0 radical (unpaired) electrons. The first-order valence-electron chi connectivity index (χ1n) is 5.31. The van der Waals surface area contributed by atoms with Crippen molar-refractivity contribution in [1.82, 2.24) is 0 Å². The SMILES string of the molecule is Nc1cccc(C(=O)c2ccc(CO)cc2)c1. The summed E-state index contributed by atoms with van der Waals surface area (Å²) in [7, 11) is 0. The number of ketones is 1. The van der Waals surface area contributed by atoms with Crippen molar-refractivity contribution in [2.45, 2.75) is 6.61 Å². The minimum Gasteiger partial charge on any atom is -0.399 e. The average Bonchev–Trinajstić information content (AvgIpc) is 2.38. The van der Waals surface area contributed by atoms with Gasteiger partial charge in [-0.3, -0.25) is 4.79 Å². The maximum absolute atomic E-state index is 12.1. The van der Waals surface area contributed by atoms with E-state index < -0.39 is 0 Å². The molecule has 0 atom stereocenters. The Hall–Kier alpha value is -2.13. The first-order chi connectivity index (χ1) is 8.20. The van der Waals surface area contributed by atoms with Gasteiger partial charge in [-0.2, -0.15) is 0 Å². The zero-order valence-electron chi connectivity index (χ0n) is 9.26. The second-order valence-electron chi connectivity index (χ2n) is 3.81. The number of benzene rings is 2. The Balaban J connectivity index is 2.30. The monoisotopic (exact) mass is 227 g/mol. The highest BCUT2D eigenvalue weighted by Crippen LogP contribution is 2.13. The number of hydrogen-bond acceptors (Lipinski definition) is 3. The number of anilines is 1. The molecule has 17 heavy (non-hydrogen) atoms. The third-order valence-corrected chi connectivity index (χ3v) is 2.55. The normalized spacial score (nSPS) is 10.2. The first kappa shape index (κ1) is 11.4. The molecule has 3 heteroatoms. The smallest absolute Gasteiger partial charge is 0.193 e. The minimum absolute atomic E-state index is 0.0211. The maximum Gasteiger partial charge on any atom is 0.193 e. The molecule has 0 amide bonds. The van der Waals surface area contributed by atoms with E-state index in [0.717, 1.165) is 5.56 Å². The quantitative estimate of drug-likeness (QED) is 0.622. The minimum atomic E-state index is -0.0678. The van der Waals surface area contributed by atoms with Gasteiger partial charge >= 0.3 is 0 Å². The van der Waals surface area contributed by atoms with Crippen molar-refractivity contribution in [3.8, 4) is 0 Å². The van der Waals surface area contributed by atoms with Crippen molar-refractivity contribution in [1.29, 1.82) is 0 Å². The van der Waals surface area contributed by atoms with Crippen molar-refractivity contribution in [2.24, 2.45) is 0 Å². The van der Waals surface area contributed by atoms with E-state index in [2.05, 4.69) is 0 Å². The Labute approximate surface area is 99.5 Å². The summed E-state index contributed by atoms with van der Waals surface area (Å²) in [5, 5.41) is 8.92. The van der Waals surface area contributed by atoms with Crippen LogP contribution in [0.15, 0.2) is 48.5 Å². The van der Waals surface area contributed by atoms with E-state index in [9.17, 15) is 4.79 Å². The van der Waals surface area contributed by atoms with Crippen LogP contribution in [0.4, 0.5) is 5.69 Å². The Kier molecular flexibility index (Phi) is 3.21. The molecule has 2 rings (SSSR count). The molecule has 0 aromatic heterocycles. The van der Waals surface area contributed by atoms with E-state index in [0.29, 0.717) is 16.8 Å². The van der Waals surface area contributed by atoms with E-state index >= 15 is 0 Å². The Bertz CT molecular complexity index is 532. The topological polar surface area (TPSA) is 63.3 Å². The molecule has 0 aliphatic rings. The lowest BCUT2D eigenvalue weighted by Gasteiger charge is -2.03. The van der Waals surface area contributed by atoms with Gasteiger partial charge < -0.3 is 10.8 Å². The summed E-state index contributed by atoms with van der Waals surface area (Å²) in [4.78, 5) is 12.1. The number of nitrogens with two attached hydrogens (primary N) is 1. The Morgan fingerprint density at radius 2 is 1.76 bits per heavy atom. The molecule has 0 saturated carbocycles. The molecule has 0 bridgehead atoms. The summed E-state index contributed by atoms with van der Waals surface area (Å²) >= 11 is 0. The molecule has 0 unspecified atom stereocenters. The van der Waals surface area contributed by atoms with Gasteiger partial charge in [0.25, 0.3) is 0 Å². The molecule has 0 fully saturated rings. The van der Waals surface area contributed by atoms with E-state index in [1.165, 1.54) is 0 Å². The van der Waals surface area contributed by atoms with E-state index in [1.807, 2.05) is 0 Å². The van der Waals surface area contributed by atoms with Gasteiger partial charge in [-0.1, -0.05) is 36.4 Å². The molecule has 3 N–H and O–H groups in total. The fourth-order valence-corrected chi connectivity index (χ4v) is 1.61. The van der Waals surface area contributed by atoms with E-state index in [1.54, 1.807) is 48.5 Å². The number of carbonyl (C=O) groups excluding carboxylic acids is 1. The second kappa shape index (κ2) is 4.80. The predicted octanol–water partition coefficient (Wildman–Crippen LogP) is 1.99. The van der Waals surface area contributed by atoms with Gasteiger partial charge in [0, 0.05) is 16.8 Å². The maximum atomic E-state index is 12.1. The molecule has 2 aromatic carbocycles. The molecular formula is C14H13NO2. The van der Waals surface area contributed by atoms with Crippen molar-refractivity contribution >= 4 is 11.5 Å². The van der Waals surface area contributed by atoms with Crippen molar-refractivity contribution in [3.63, 3.8) is 0 Å². The highest BCUT2D eigenvalue weighted by molar-refractivity contribution is 6.09. The van der Waals surface area contributed by atoms with Gasteiger partial charge in [-0.25, -0.2) is 0 Å². The number of carbonyl (C=O) groups is 1. The molecule has 0 saturated heterocycles. The molecule has 0 aliphatic heterocycles. The summed E-state index contributed by atoms with van der Waals surface area (Å²) in [5.74, 6) is -0.0678. The molecule has 2 aromatic rings. The number of aliphatic hydroxyl groups excluding tert-OH is 1. The number of hydrogen-bond donors (Lipinski definition) is 2. The van der Waals surface area contributed by atoms with Gasteiger partial charge in [-0.15, -0.1) is 0 Å². The molecular weight excluding hydrogens is 214 g/mol. The lowest BCUT2D eigenvalue weighted by molar-refractivity contribution is 0.103. The summed E-state index contributed by atoms with van der Waals surface area (Å²) in [5.41, 5.74) is 8.15. The summed E-state index contributed by atoms with van der Waals surface area (Å²) in [6.07, 6.45) is 0. The van der Waals surface area contributed by atoms with Crippen LogP contribution in [0.25, 0.3) is 0 Å². The third-order valence-electron chi connectivity index (χ3n) is 2.55. The van der Waals surface area contributed by atoms with Gasteiger partial charge in [0.15, 0.2) is 5.78 Å². The van der Waals surface area contributed by atoms with E-state index in [-0.39, 0.29) is 12.4 Å². The standard InChI is InChI=1S/C14H13NO2/c15-13-3-1-2-12(8-13)14(17)11-6-4-10(9-16)5-7-11/h1-8,16H,9,15H2. The van der Waals surface area contributed by atoms with Crippen LogP contribution in [0.1, 0.15) is 21.5 Å². The van der Waals surface area contributed by atoms with Gasteiger partial charge in [-0.05, 0) is 17.7 Å². The van der Waals surface area contributed by atoms with E-state index in [4.69, 9.17) is 10.8 Å². The number of rotatable bonds is 3. The zero-order valence-corrected chi connectivity index (χ0v) is 9.26. The summed E-state index contributed by atoms with van der Waals surface area (Å²) in [6, 6.07) is 13.8. The van der Waals surface area contributed by atoms with Gasteiger partial charge in [0.05, 0.1) is 6.61 Å². The molecule has 86 valence electrons. The third kappa shape index (κ3) is 2.52. The van der Waals surface area contributed by atoms with Gasteiger partial charge in [0.2, 0.25) is 0 Å². The predicted molar refractivity (Wildman–Crippen MR) is 66.7 cm³/mol. The van der Waals surface area contributed by atoms with Crippen LogP contribution in [-0.4, -0.2) is 10.9 Å².